The average Bonchev–Trinajstić information content (AvgIpc) is 2.80. The first-order valence-electron chi connectivity index (χ1n) is 7.81. The van der Waals surface area contributed by atoms with Crippen LogP contribution in [-0.2, 0) is 6.54 Å². The topological polar surface area (TPSA) is 29.9 Å². The predicted octanol–water partition coefficient (Wildman–Crippen LogP) is 3.86. The highest BCUT2D eigenvalue weighted by Crippen LogP contribution is 2.25. The summed E-state index contributed by atoms with van der Waals surface area (Å²) in [5.74, 6) is 1.07. The molecule has 1 aromatic carbocycles. The molecule has 0 spiro atoms. The molecule has 3 heteroatoms. The lowest BCUT2D eigenvalue weighted by Crippen LogP contribution is -2.28. The van der Waals surface area contributed by atoms with Crippen LogP contribution in [0.15, 0.2) is 24.5 Å². The zero-order chi connectivity index (χ0) is 15.4. The Morgan fingerprint density at radius 3 is 2.33 bits per heavy atom. The normalized spacial score (nSPS) is 12.6. The lowest BCUT2D eigenvalue weighted by atomic mass is 9.93. The number of hydrogen-bond acceptors (Lipinski definition) is 2. The van der Waals surface area contributed by atoms with E-state index >= 15 is 0 Å². The van der Waals surface area contributed by atoms with Crippen molar-refractivity contribution in [3.05, 3.63) is 52.6 Å². The largest absolute Gasteiger partial charge is 0.333 e. The molecular weight excluding hydrogens is 258 g/mol. The van der Waals surface area contributed by atoms with Gasteiger partial charge in [-0.05, 0) is 57.4 Å². The monoisotopic (exact) mass is 285 g/mol. The van der Waals surface area contributed by atoms with E-state index in [9.17, 15) is 0 Å². The third-order valence-electron chi connectivity index (χ3n) is 4.03. The molecule has 0 aliphatic carbocycles. The van der Waals surface area contributed by atoms with Crippen molar-refractivity contribution in [2.75, 3.05) is 6.54 Å². The summed E-state index contributed by atoms with van der Waals surface area (Å²) in [6.07, 6.45) is 5.08. The van der Waals surface area contributed by atoms with Gasteiger partial charge in [-0.1, -0.05) is 24.6 Å². The van der Waals surface area contributed by atoms with Gasteiger partial charge >= 0.3 is 0 Å². The maximum atomic E-state index is 4.34. The van der Waals surface area contributed by atoms with E-state index in [0.29, 0.717) is 6.04 Å². The fraction of sp³-hybridized carbons (Fsp3) is 0.500. The summed E-state index contributed by atoms with van der Waals surface area (Å²) in [5.41, 5.74) is 5.52. The molecule has 1 atom stereocenters. The Hall–Kier alpha value is -1.61. The predicted molar refractivity (Wildman–Crippen MR) is 88.7 cm³/mol. The number of imidazole rings is 1. The van der Waals surface area contributed by atoms with Crippen LogP contribution < -0.4 is 5.32 Å². The third kappa shape index (κ3) is 3.73. The second kappa shape index (κ2) is 6.90. The lowest BCUT2D eigenvalue weighted by molar-refractivity contribution is 0.455. The van der Waals surface area contributed by atoms with Crippen molar-refractivity contribution >= 4 is 0 Å². The van der Waals surface area contributed by atoms with Crippen LogP contribution in [0.4, 0.5) is 0 Å². The van der Waals surface area contributed by atoms with Crippen molar-refractivity contribution in [3.63, 3.8) is 0 Å². The first kappa shape index (κ1) is 15.8. The van der Waals surface area contributed by atoms with Crippen LogP contribution in [0, 0.1) is 27.7 Å². The summed E-state index contributed by atoms with van der Waals surface area (Å²) in [6.45, 7) is 12.8. The van der Waals surface area contributed by atoms with E-state index in [2.05, 4.69) is 67.8 Å². The minimum absolute atomic E-state index is 0.332. The number of benzene rings is 1. The molecule has 3 nitrogen and oxygen atoms in total. The molecule has 2 rings (SSSR count). The molecule has 0 radical (unpaired) electrons. The Balaban J connectivity index is 2.34. The molecule has 1 N–H and O–H groups in total. The van der Waals surface area contributed by atoms with E-state index in [0.717, 1.165) is 25.3 Å². The Morgan fingerprint density at radius 2 is 1.81 bits per heavy atom. The molecule has 0 aliphatic heterocycles. The first-order valence-corrected chi connectivity index (χ1v) is 7.81. The minimum Gasteiger partial charge on any atom is -0.333 e. The smallest absolute Gasteiger partial charge is 0.105 e. The Kier molecular flexibility index (Phi) is 5.18. The second-order valence-corrected chi connectivity index (χ2v) is 5.95. The number of hydrogen-bond donors (Lipinski definition) is 1. The van der Waals surface area contributed by atoms with Crippen molar-refractivity contribution in [1.29, 1.82) is 0 Å². The van der Waals surface area contributed by atoms with Gasteiger partial charge in [0.05, 0.1) is 6.04 Å². The van der Waals surface area contributed by atoms with E-state index in [1.165, 1.54) is 22.3 Å². The number of aryl methyl sites for hydroxylation is 4. The van der Waals surface area contributed by atoms with Crippen LogP contribution in [-0.4, -0.2) is 16.1 Å². The highest BCUT2D eigenvalue weighted by atomic mass is 15.1. The number of nitrogens with zero attached hydrogens (tertiary/aromatic N) is 2. The molecule has 21 heavy (non-hydrogen) atoms. The highest BCUT2D eigenvalue weighted by Gasteiger charge is 2.17. The molecular formula is C18H27N3. The van der Waals surface area contributed by atoms with E-state index in [4.69, 9.17) is 0 Å². The second-order valence-electron chi connectivity index (χ2n) is 5.95. The maximum Gasteiger partial charge on any atom is 0.105 e. The van der Waals surface area contributed by atoms with Gasteiger partial charge in [-0.2, -0.15) is 0 Å². The number of aromatic nitrogens is 2. The van der Waals surface area contributed by atoms with Gasteiger partial charge in [-0.3, -0.25) is 0 Å². The Morgan fingerprint density at radius 1 is 1.14 bits per heavy atom. The van der Waals surface area contributed by atoms with Gasteiger partial charge in [0.15, 0.2) is 0 Å². The van der Waals surface area contributed by atoms with Crippen molar-refractivity contribution in [2.45, 2.75) is 53.6 Å². The molecule has 114 valence electrons. The van der Waals surface area contributed by atoms with Crippen molar-refractivity contribution < 1.29 is 0 Å². The molecule has 0 fully saturated rings. The van der Waals surface area contributed by atoms with E-state index in [1.54, 1.807) is 0 Å². The van der Waals surface area contributed by atoms with Gasteiger partial charge in [0, 0.05) is 18.9 Å². The summed E-state index contributed by atoms with van der Waals surface area (Å²) >= 11 is 0. The zero-order valence-corrected chi connectivity index (χ0v) is 13.9. The van der Waals surface area contributed by atoms with E-state index in [1.807, 2.05) is 6.20 Å². The summed E-state index contributed by atoms with van der Waals surface area (Å²) in [7, 11) is 0. The Labute approximate surface area is 128 Å². The van der Waals surface area contributed by atoms with Gasteiger partial charge in [-0.25, -0.2) is 4.98 Å². The van der Waals surface area contributed by atoms with Crippen molar-refractivity contribution in [2.24, 2.45) is 0 Å². The quantitative estimate of drug-likeness (QED) is 0.873. The van der Waals surface area contributed by atoms with Gasteiger partial charge in [-0.15, -0.1) is 0 Å². The molecule has 0 aliphatic rings. The Bertz CT molecular complexity index is 575. The fourth-order valence-corrected chi connectivity index (χ4v) is 3.11. The lowest BCUT2D eigenvalue weighted by Gasteiger charge is -2.24. The van der Waals surface area contributed by atoms with Crippen molar-refractivity contribution in [3.8, 4) is 0 Å². The summed E-state index contributed by atoms with van der Waals surface area (Å²) in [4.78, 5) is 4.34. The fourth-order valence-electron chi connectivity index (χ4n) is 3.11. The summed E-state index contributed by atoms with van der Waals surface area (Å²) < 4.78 is 2.23. The first-order chi connectivity index (χ1) is 10.0. The van der Waals surface area contributed by atoms with E-state index < -0.39 is 0 Å². The van der Waals surface area contributed by atoms with Gasteiger partial charge < -0.3 is 9.88 Å². The molecule has 0 amide bonds. The third-order valence-corrected chi connectivity index (χ3v) is 4.03. The molecule has 1 heterocycles. The molecule has 0 saturated carbocycles. The summed E-state index contributed by atoms with van der Waals surface area (Å²) in [6, 6.07) is 4.89. The average molecular weight is 285 g/mol. The number of rotatable bonds is 6. The number of nitrogens with one attached hydrogen (secondary N) is 1. The molecule has 0 saturated heterocycles. The highest BCUT2D eigenvalue weighted by molar-refractivity contribution is 5.39. The van der Waals surface area contributed by atoms with Crippen LogP contribution in [0.2, 0.25) is 0 Å². The molecule has 0 bridgehead atoms. The van der Waals surface area contributed by atoms with Crippen LogP contribution >= 0.6 is 0 Å². The van der Waals surface area contributed by atoms with Gasteiger partial charge in [0.1, 0.15) is 5.82 Å². The molecule has 1 unspecified atom stereocenters. The van der Waals surface area contributed by atoms with Gasteiger partial charge in [0.2, 0.25) is 0 Å². The van der Waals surface area contributed by atoms with Crippen LogP contribution in [0.5, 0.6) is 0 Å². The van der Waals surface area contributed by atoms with Crippen molar-refractivity contribution in [1.82, 2.24) is 14.9 Å². The van der Waals surface area contributed by atoms with Crippen LogP contribution in [0.25, 0.3) is 0 Å². The maximum absolute atomic E-state index is 4.34. The van der Waals surface area contributed by atoms with Crippen LogP contribution in [0.1, 0.15) is 47.5 Å². The standard InChI is InChI=1S/C18H27N3/c1-6-7-20-17(12-21-9-8-19-16(21)5)18-14(3)10-13(2)11-15(18)4/h8-11,17,20H,6-7,12H2,1-5H3. The molecule has 1 aromatic heterocycles. The summed E-state index contributed by atoms with van der Waals surface area (Å²) in [5, 5.41) is 3.70. The van der Waals surface area contributed by atoms with E-state index in [-0.39, 0.29) is 0 Å². The minimum atomic E-state index is 0.332. The molecule has 2 aromatic rings. The zero-order valence-electron chi connectivity index (χ0n) is 13.9. The van der Waals surface area contributed by atoms with Crippen LogP contribution in [0.3, 0.4) is 0 Å². The SMILES string of the molecule is CCCNC(Cn1ccnc1C)c1c(C)cc(C)cc1C. The van der Waals surface area contributed by atoms with Gasteiger partial charge in [0.25, 0.3) is 0 Å².